The van der Waals surface area contributed by atoms with Crippen LogP contribution in [0.4, 0.5) is 4.79 Å². The van der Waals surface area contributed by atoms with Crippen molar-refractivity contribution in [3.05, 3.63) is 0 Å². The van der Waals surface area contributed by atoms with Gasteiger partial charge in [-0.15, -0.1) is 0 Å². The van der Waals surface area contributed by atoms with E-state index < -0.39 is 5.60 Å². The zero-order chi connectivity index (χ0) is 14.0. The van der Waals surface area contributed by atoms with Crippen LogP contribution >= 0.6 is 0 Å². The first-order chi connectivity index (χ1) is 8.92. The Bertz CT molecular complexity index is 340. The summed E-state index contributed by atoms with van der Waals surface area (Å²) in [6.45, 7) is 5.59. The molecule has 0 aliphatic heterocycles. The van der Waals surface area contributed by atoms with Crippen molar-refractivity contribution in [2.45, 2.75) is 77.0 Å². The third kappa shape index (κ3) is 3.28. The Morgan fingerprint density at radius 3 is 2.11 bits per heavy atom. The van der Waals surface area contributed by atoms with E-state index in [1.807, 2.05) is 20.8 Å². The number of carbonyl (C=O) groups excluding carboxylic acids is 2. The van der Waals surface area contributed by atoms with Crippen LogP contribution < -0.4 is 0 Å². The summed E-state index contributed by atoms with van der Waals surface area (Å²) < 4.78 is 5.49. The van der Waals surface area contributed by atoms with Crippen LogP contribution in [0.1, 0.15) is 59.3 Å². The molecule has 0 saturated heterocycles. The quantitative estimate of drug-likeness (QED) is 0.735. The van der Waals surface area contributed by atoms with Gasteiger partial charge in [0.05, 0.1) is 6.04 Å². The highest BCUT2D eigenvalue weighted by atomic mass is 16.6. The van der Waals surface area contributed by atoms with Gasteiger partial charge in [-0.1, -0.05) is 6.42 Å². The first-order valence-electron chi connectivity index (χ1n) is 7.39. The van der Waals surface area contributed by atoms with Gasteiger partial charge < -0.3 is 9.53 Å². The Morgan fingerprint density at radius 2 is 1.79 bits per heavy atom. The maximum absolute atomic E-state index is 12.4. The molecule has 0 heterocycles. The van der Waals surface area contributed by atoms with Gasteiger partial charge in [-0.05, 0) is 58.8 Å². The lowest BCUT2D eigenvalue weighted by molar-refractivity contribution is -0.117. The second-order valence-electron chi connectivity index (χ2n) is 6.79. The second kappa shape index (κ2) is 5.51. The Morgan fingerprint density at radius 1 is 1.21 bits per heavy atom. The average Bonchev–Trinajstić information content (AvgIpc) is 2.14. The monoisotopic (exact) mass is 267 g/mol. The van der Waals surface area contributed by atoms with Gasteiger partial charge >= 0.3 is 6.09 Å². The Labute approximate surface area is 115 Å². The van der Waals surface area contributed by atoms with Gasteiger partial charge in [0.2, 0.25) is 0 Å². The molecule has 4 heteroatoms. The van der Waals surface area contributed by atoms with Crippen molar-refractivity contribution in [2.24, 2.45) is 5.92 Å². The van der Waals surface area contributed by atoms with Crippen LogP contribution in [-0.2, 0) is 9.53 Å². The van der Waals surface area contributed by atoms with Crippen molar-refractivity contribution in [1.82, 2.24) is 4.90 Å². The van der Waals surface area contributed by atoms with Crippen LogP contribution in [0.3, 0.4) is 0 Å². The summed E-state index contributed by atoms with van der Waals surface area (Å²) in [5, 5.41) is 0. The Kier molecular flexibility index (Phi) is 4.16. The van der Waals surface area contributed by atoms with E-state index in [4.69, 9.17) is 4.74 Å². The van der Waals surface area contributed by atoms with E-state index in [9.17, 15) is 9.59 Å². The number of nitrogens with zero attached hydrogens (tertiary/aromatic N) is 1. The van der Waals surface area contributed by atoms with Gasteiger partial charge in [0.15, 0.2) is 0 Å². The molecule has 1 amide bonds. The number of rotatable bonds is 4. The first kappa shape index (κ1) is 14.4. The fourth-order valence-corrected chi connectivity index (χ4v) is 2.68. The minimum absolute atomic E-state index is 0.200. The lowest BCUT2D eigenvalue weighted by Gasteiger charge is -2.45. The van der Waals surface area contributed by atoms with Gasteiger partial charge in [0.25, 0.3) is 0 Å². The summed E-state index contributed by atoms with van der Waals surface area (Å²) in [7, 11) is 0. The van der Waals surface area contributed by atoms with Crippen molar-refractivity contribution in [2.75, 3.05) is 0 Å². The molecule has 2 aliphatic carbocycles. The van der Waals surface area contributed by atoms with E-state index in [-0.39, 0.29) is 18.2 Å². The van der Waals surface area contributed by atoms with Crippen LogP contribution in [0.2, 0.25) is 0 Å². The van der Waals surface area contributed by atoms with Crippen LogP contribution in [0.25, 0.3) is 0 Å². The van der Waals surface area contributed by atoms with Crippen molar-refractivity contribution in [3.63, 3.8) is 0 Å². The molecular formula is C15H25NO3. The van der Waals surface area contributed by atoms with E-state index >= 15 is 0 Å². The predicted molar refractivity (Wildman–Crippen MR) is 72.9 cm³/mol. The Hall–Kier alpha value is -1.06. The molecule has 1 atom stereocenters. The summed E-state index contributed by atoms with van der Waals surface area (Å²) in [5.41, 5.74) is -0.508. The summed E-state index contributed by atoms with van der Waals surface area (Å²) >= 11 is 0. The molecule has 0 spiro atoms. The zero-order valence-corrected chi connectivity index (χ0v) is 12.2. The molecule has 2 fully saturated rings. The summed E-state index contributed by atoms with van der Waals surface area (Å²) in [4.78, 5) is 25.6. The third-order valence-corrected chi connectivity index (χ3v) is 4.17. The van der Waals surface area contributed by atoms with Crippen LogP contribution in [0.5, 0.6) is 0 Å². The summed E-state index contributed by atoms with van der Waals surface area (Å²) in [6.07, 6.45) is 7.03. The molecule has 19 heavy (non-hydrogen) atoms. The molecule has 2 rings (SSSR count). The molecular weight excluding hydrogens is 242 g/mol. The van der Waals surface area contributed by atoms with E-state index in [2.05, 4.69) is 0 Å². The predicted octanol–water partition coefficient (Wildman–Crippen LogP) is 3.14. The molecule has 0 radical (unpaired) electrons. The fourth-order valence-electron chi connectivity index (χ4n) is 2.68. The SMILES string of the molecule is CC(C)(C)OC(=O)N(C1CCC1)C(C=O)C1CCC1. The van der Waals surface area contributed by atoms with E-state index in [1.165, 1.54) is 6.42 Å². The maximum atomic E-state index is 12.4. The average molecular weight is 267 g/mol. The molecule has 0 N–H and O–H groups in total. The molecule has 108 valence electrons. The number of carbonyl (C=O) groups is 2. The topological polar surface area (TPSA) is 46.6 Å². The van der Waals surface area contributed by atoms with Crippen LogP contribution in [0, 0.1) is 5.92 Å². The normalized spacial score (nSPS) is 22.1. The van der Waals surface area contributed by atoms with Gasteiger partial charge in [0.1, 0.15) is 11.9 Å². The molecule has 2 aliphatic rings. The highest BCUT2D eigenvalue weighted by Gasteiger charge is 2.41. The zero-order valence-electron chi connectivity index (χ0n) is 12.2. The smallest absolute Gasteiger partial charge is 0.411 e. The van der Waals surface area contributed by atoms with E-state index in [1.54, 1.807) is 4.90 Å². The molecule has 0 aromatic carbocycles. The number of hydrogen-bond donors (Lipinski definition) is 0. The minimum Gasteiger partial charge on any atom is -0.444 e. The molecule has 0 aromatic heterocycles. The maximum Gasteiger partial charge on any atom is 0.411 e. The number of aldehydes is 1. The molecule has 4 nitrogen and oxygen atoms in total. The highest BCUT2D eigenvalue weighted by molar-refractivity contribution is 5.74. The minimum atomic E-state index is -0.508. The van der Waals surface area contributed by atoms with Gasteiger partial charge in [0, 0.05) is 6.04 Å². The van der Waals surface area contributed by atoms with Crippen molar-refractivity contribution in [3.8, 4) is 0 Å². The lowest BCUT2D eigenvalue weighted by Crippen LogP contribution is -2.55. The van der Waals surface area contributed by atoms with Gasteiger partial charge in [-0.2, -0.15) is 0 Å². The third-order valence-electron chi connectivity index (χ3n) is 4.17. The first-order valence-corrected chi connectivity index (χ1v) is 7.39. The molecule has 1 unspecified atom stereocenters. The lowest BCUT2D eigenvalue weighted by atomic mass is 9.78. The van der Waals surface area contributed by atoms with Crippen molar-refractivity contribution in [1.29, 1.82) is 0 Å². The number of hydrogen-bond acceptors (Lipinski definition) is 3. The van der Waals surface area contributed by atoms with Gasteiger partial charge in [-0.3, -0.25) is 4.90 Å². The van der Waals surface area contributed by atoms with Crippen molar-refractivity contribution < 1.29 is 14.3 Å². The number of ether oxygens (including phenoxy) is 1. The van der Waals surface area contributed by atoms with E-state index in [0.717, 1.165) is 38.4 Å². The van der Waals surface area contributed by atoms with Crippen LogP contribution in [0.15, 0.2) is 0 Å². The summed E-state index contributed by atoms with van der Waals surface area (Å²) in [5.74, 6) is 0.339. The molecule has 2 saturated carbocycles. The Balaban J connectivity index is 2.09. The standard InChI is InChI=1S/C15H25NO3/c1-15(2,3)19-14(18)16(12-8-5-9-12)13(10-17)11-6-4-7-11/h10-13H,4-9H2,1-3H3. The van der Waals surface area contributed by atoms with Gasteiger partial charge in [-0.25, -0.2) is 4.79 Å². The molecule has 0 bridgehead atoms. The molecule has 0 aromatic rings. The van der Waals surface area contributed by atoms with Crippen LogP contribution in [-0.4, -0.2) is 35.0 Å². The largest absolute Gasteiger partial charge is 0.444 e. The second-order valence-corrected chi connectivity index (χ2v) is 6.79. The number of amides is 1. The highest BCUT2D eigenvalue weighted by Crippen LogP contribution is 2.36. The van der Waals surface area contributed by atoms with E-state index in [0.29, 0.717) is 5.92 Å². The summed E-state index contributed by atoms with van der Waals surface area (Å²) in [6, 6.07) is -0.0838. The fraction of sp³-hybridized carbons (Fsp3) is 0.867. The van der Waals surface area contributed by atoms with Crippen molar-refractivity contribution >= 4 is 12.4 Å².